The number of aliphatic carboxylic acids is 1. The summed E-state index contributed by atoms with van der Waals surface area (Å²) in [6.45, 7) is -0.993. The molecule has 0 aliphatic rings. The lowest BCUT2D eigenvalue weighted by Gasteiger charge is -2.13. The van der Waals surface area contributed by atoms with E-state index in [1.165, 1.54) is 39.8 Å². The minimum Gasteiger partial charge on any atom is -0.494 e. The summed E-state index contributed by atoms with van der Waals surface area (Å²) in [5, 5.41) is 11.7. The lowest BCUT2D eigenvalue weighted by Crippen LogP contribution is -2.10. The second kappa shape index (κ2) is 11.0. The number of nitrogens with zero attached hydrogens (tertiary/aromatic N) is 2. The summed E-state index contributed by atoms with van der Waals surface area (Å²) in [7, 11) is 3.94. The van der Waals surface area contributed by atoms with Gasteiger partial charge < -0.3 is 34.1 Å². The highest BCUT2D eigenvalue weighted by Gasteiger charge is 2.20. The SMILES string of the molecule is COc1ccc(Nc2ncc(OCc3c(F)c(OC)cc(OC)c3F)cn2)cc1OCC(=O)O. The molecule has 34 heavy (non-hydrogen) atoms. The fourth-order valence-electron chi connectivity index (χ4n) is 2.81. The van der Waals surface area contributed by atoms with Crippen molar-refractivity contribution in [3.8, 4) is 28.7 Å². The van der Waals surface area contributed by atoms with Crippen LogP contribution >= 0.6 is 0 Å². The Morgan fingerprint density at radius 1 is 0.912 bits per heavy atom. The summed E-state index contributed by atoms with van der Waals surface area (Å²) in [4.78, 5) is 18.9. The average Bonchev–Trinajstić information content (AvgIpc) is 2.84. The monoisotopic (exact) mass is 477 g/mol. The Hall–Kier alpha value is -4.35. The number of hydrogen-bond acceptors (Lipinski definition) is 9. The van der Waals surface area contributed by atoms with Crippen LogP contribution in [0.1, 0.15) is 5.56 Å². The zero-order chi connectivity index (χ0) is 24.7. The first-order chi connectivity index (χ1) is 16.4. The van der Waals surface area contributed by atoms with E-state index >= 15 is 0 Å². The van der Waals surface area contributed by atoms with Gasteiger partial charge in [-0.05, 0) is 12.1 Å². The maximum Gasteiger partial charge on any atom is 0.341 e. The third-order valence-electron chi connectivity index (χ3n) is 4.45. The molecular weight excluding hydrogens is 456 g/mol. The summed E-state index contributed by atoms with van der Waals surface area (Å²) >= 11 is 0. The normalized spacial score (nSPS) is 10.4. The van der Waals surface area contributed by atoms with Gasteiger partial charge in [-0.15, -0.1) is 0 Å². The largest absolute Gasteiger partial charge is 0.494 e. The van der Waals surface area contributed by atoms with Gasteiger partial charge in [0.2, 0.25) is 5.95 Å². The van der Waals surface area contributed by atoms with E-state index in [2.05, 4.69) is 15.3 Å². The van der Waals surface area contributed by atoms with Gasteiger partial charge >= 0.3 is 5.97 Å². The maximum absolute atomic E-state index is 14.5. The molecular formula is C22H21F2N3O7. The van der Waals surface area contributed by atoms with Crippen LogP contribution in [0.15, 0.2) is 36.7 Å². The van der Waals surface area contributed by atoms with Gasteiger partial charge in [0.25, 0.3) is 0 Å². The molecule has 0 saturated heterocycles. The molecule has 3 aromatic rings. The van der Waals surface area contributed by atoms with Gasteiger partial charge in [-0.3, -0.25) is 0 Å². The van der Waals surface area contributed by atoms with E-state index in [0.29, 0.717) is 11.4 Å². The Balaban J connectivity index is 1.70. The first kappa shape index (κ1) is 24.3. The second-order valence-electron chi connectivity index (χ2n) is 6.59. The highest BCUT2D eigenvalue weighted by Crippen LogP contribution is 2.33. The molecule has 0 fully saturated rings. The quantitative estimate of drug-likeness (QED) is 0.424. The van der Waals surface area contributed by atoms with E-state index in [0.717, 1.165) is 6.07 Å². The molecule has 1 heterocycles. The Kier molecular flexibility index (Phi) is 7.85. The standard InChI is InChI=1S/C22H21F2N3O7/c1-30-15-5-4-12(6-16(15)34-11-19(28)29)27-22-25-8-13(9-26-22)33-10-14-20(23)17(31-2)7-18(32-3)21(14)24/h4-9H,10-11H2,1-3H3,(H,28,29)(H,25,26,27). The molecule has 0 amide bonds. The van der Waals surface area contributed by atoms with Gasteiger partial charge in [0.15, 0.2) is 47.0 Å². The first-order valence-electron chi connectivity index (χ1n) is 9.69. The number of carboxylic acids is 1. The lowest BCUT2D eigenvalue weighted by atomic mass is 10.1. The molecule has 0 saturated carbocycles. The number of carbonyl (C=O) groups is 1. The third kappa shape index (κ3) is 5.71. The topological polar surface area (TPSA) is 121 Å². The molecule has 10 nitrogen and oxygen atoms in total. The van der Waals surface area contributed by atoms with Crippen molar-refractivity contribution in [1.29, 1.82) is 0 Å². The fourth-order valence-corrected chi connectivity index (χ4v) is 2.81. The second-order valence-corrected chi connectivity index (χ2v) is 6.59. The minimum absolute atomic E-state index is 0.159. The molecule has 0 atom stereocenters. The van der Waals surface area contributed by atoms with Gasteiger partial charge in [0.05, 0.1) is 39.3 Å². The third-order valence-corrected chi connectivity index (χ3v) is 4.45. The Morgan fingerprint density at radius 3 is 2.09 bits per heavy atom. The average molecular weight is 477 g/mol. The zero-order valence-corrected chi connectivity index (χ0v) is 18.4. The van der Waals surface area contributed by atoms with E-state index in [4.69, 9.17) is 28.8 Å². The van der Waals surface area contributed by atoms with Crippen molar-refractivity contribution in [2.75, 3.05) is 33.3 Å². The van der Waals surface area contributed by atoms with Gasteiger partial charge in [0.1, 0.15) is 6.61 Å². The molecule has 0 spiro atoms. The number of halogens is 2. The van der Waals surface area contributed by atoms with Gasteiger partial charge in [-0.1, -0.05) is 0 Å². The van der Waals surface area contributed by atoms with Crippen LogP contribution in [0.2, 0.25) is 0 Å². The number of nitrogens with one attached hydrogen (secondary N) is 1. The number of carboxylic acid groups (broad SMARTS) is 1. The van der Waals surface area contributed by atoms with Crippen molar-refractivity contribution in [1.82, 2.24) is 9.97 Å². The molecule has 2 N–H and O–H groups in total. The number of anilines is 2. The molecule has 0 bridgehead atoms. The molecule has 180 valence electrons. The van der Waals surface area contributed by atoms with Crippen molar-refractivity contribution in [2.45, 2.75) is 6.61 Å². The number of hydrogen-bond donors (Lipinski definition) is 2. The van der Waals surface area contributed by atoms with E-state index in [1.807, 2.05) is 0 Å². The summed E-state index contributed by atoms with van der Waals surface area (Å²) in [6.07, 6.45) is 2.63. The molecule has 12 heteroatoms. The van der Waals surface area contributed by atoms with Crippen LogP contribution in [-0.4, -0.2) is 49.0 Å². The van der Waals surface area contributed by atoms with Crippen LogP contribution in [-0.2, 0) is 11.4 Å². The van der Waals surface area contributed by atoms with Crippen molar-refractivity contribution in [2.24, 2.45) is 0 Å². The lowest BCUT2D eigenvalue weighted by molar-refractivity contribution is -0.139. The van der Waals surface area contributed by atoms with E-state index in [-0.39, 0.29) is 34.5 Å². The van der Waals surface area contributed by atoms with Gasteiger partial charge in [-0.25, -0.2) is 23.5 Å². The Bertz CT molecular complexity index is 1130. The summed E-state index contributed by atoms with van der Waals surface area (Å²) in [5.41, 5.74) is 0.132. The van der Waals surface area contributed by atoms with Crippen molar-refractivity contribution in [3.05, 3.63) is 53.9 Å². The minimum atomic E-state index is -1.13. The number of aromatic nitrogens is 2. The highest BCUT2D eigenvalue weighted by atomic mass is 19.1. The van der Waals surface area contributed by atoms with Crippen LogP contribution in [0.4, 0.5) is 20.4 Å². The van der Waals surface area contributed by atoms with Crippen LogP contribution in [0.3, 0.4) is 0 Å². The van der Waals surface area contributed by atoms with Gasteiger partial charge in [0, 0.05) is 17.8 Å². The summed E-state index contributed by atoms with van der Waals surface area (Å²) in [6, 6.07) is 5.87. The Morgan fingerprint density at radius 2 is 1.53 bits per heavy atom. The number of methoxy groups -OCH3 is 3. The smallest absolute Gasteiger partial charge is 0.341 e. The number of rotatable bonds is 11. The highest BCUT2D eigenvalue weighted by molar-refractivity contribution is 5.69. The fraction of sp³-hybridized carbons (Fsp3) is 0.227. The van der Waals surface area contributed by atoms with E-state index < -0.39 is 30.8 Å². The molecule has 3 rings (SSSR count). The predicted octanol–water partition coefficient (Wildman–Crippen LogP) is 3.57. The van der Waals surface area contributed by atoms with E-state index in [1.54, 1.807) is 12.1 Å². The molecule has 1 aromatic heterocycles. The summed E-state index contributed by atoms with van der Waals surface area (Å²) in [5.74, 6) is -2.39. The Labute approximate surface area is 193 Å². The molecule has 2 aromatic carbocycles. The van der Waals surface area contributed by atoms with Crippen LogP contribution in [0.5, 0.6) is 28.7 Å². The maximum atomic E-state index is 14.5. The van der Waals surface area contributed by atoms with Crippen LogP contribution in [0.25, 0.3) is 0 Å². The van der Waals surface area contributed by atoms with Crippen molar-refractivity contribution < 1.29 is 42.4 Å². The molecule has 0 radical (unpaired) electrons. The van der Waals surface area contributed by atoms with Crippen molar-refractivity contribution >= 4 is 17.6 Å². The van der Waals surface area contributed by atoms with Crippen molar-refractivity contribution in [3.63, 3.8) is 0 Å². The summed E-state index contributed by atoms with van der Waals surface area (Å²) < 4.78 is 54.5. The van der Waals surface area contributed by atoms with Crippen LogP contribution < -0.4 is 29.0 Å². The van der Waals surface area contributed by atoms with Gasteiger partial charge in [-0.2, -0.15) is 0 Å². The number of ether oxygens (including phenoxy) is 5. The zero-order valence-electron chi connectivity index (χ0n) is 18.4. The number of benzene rings is 2. The predicted molar refractivity (Wildman–Crippen MR) is 115 cm³/mol. The molecule has 0 aliphatic carbocycles. The molecule has 0 unspecified atom stereocenters. The first-order valence-corrected chi connectivity index (χ1v) is 9.69. The van der Waals surface area contributed by atoms with E-state index in [9.17, 15) is 13.6 Å². The molecule has 0 aliphatic heterocycles. The van der Waals surface area contributed by atoms with Crippen LogP contribution in [0, 0.1) is 11.6 Å².